The summed E-state index contributed by atoms with van der Waals surface area (Å²) < 4.78 is 26.7. The van der Waals surface area contributed by atoms with Crippen LogP contribution in [0.25, 0.3) is 0 Å². The second-order valence-corrected chi connectivity index (χ2v) is 4.30. The van der Waals surface area contributed by atoms with Crippen LogP contribution in [0.3, 0.4) is 0 Å². The average molecular weight is 242 g/mol. The fourth-order valence-corrected chi connectivity index (χ4v) is 2.02. The Morgan fingerprint density at radius 1 is 1.24 bits per heavy atom. The van der Waals surface area contributed by atoms with E-state index in [9.17, 15) is 8.78 Å². The Morgan fingerprint density at radius 3 is 2.41 bits per heavy atom. The molecule has 0 aliphatic heterocycles. The first-order valence-electron chi connectivity index (χ1n) is 6.03. The zero-order valence-electron chi connectivity index (χ0n) is 10.3. The Hall–Kier alpha value is -1.00. The highest BCUT2D eigenvalue weighted by Crippen LogP contribution is 2.26. The summed E-state index contributed by atoms with van der Waals surface area (Å²) in [5.41, 5.74) is 2.88. The lowest BCUT2D eigenvalue weighted by molar-refractivity contribution is 0.366. The van der Waals surface area contributed by atoms with Crippen molar-refractivity contribution in [1.29, 1.82) is 0 Å². The monoisotopic (exact) mass is 242 g/mol. The van der Waals surface area contributed by atoms with Crippen molar-refractivity contribution in [2.75, 3.05) is 0 Å². The zero-order chi connectivity index (χ0) is 12.8. The molecule has 0 aromatic heterocycles. The number of nitrogens with two attached hydrogens (primary N) is 1. The molecule has 0 bridgehead atoms. The highest BCUT2D eigenvalue weighted by molar-refractivity contribution is 5.22. The van der Waals surface area contributed by atoms with Gasteiger partial charge in [-0.1, -0.05) is 26.7 Å². The largest absolute Gasteiger partial charge is 0.271 e. The molecular formula is C13H20F2N2. The number of nitrogens with one attached hydrogen (secondary N) is 1. The molecule has 17 heavy (non-hydrogen) atoms. The molecule has 96 valence electrons. The van der Waals surface area contributed by atoms with E-state index in [1.807, 2.05) is 0 Å². The number of halogens is 2. The maximum absolute atomic E-state index is 13.6. The van der Waals surface area contributed by atoms with Gasteiger partial charge in [-0.2, -0.15) is 0 Å². The van der Waals surface area contributed by atoms with Crippen molar-refractivity contribution in [1.82, 2.24) is 5.43 Å². The number of rotatable bonds is 6. The van der Waals surface area contributed by atoms with Crippen LogP contribution in [-0.2, 0) is 0 Å². The van der Waals surface area contributed by atoms with Gasteiger partial charge in [0, 0.05) is 11.6 Å². The third-order valence-corrected chi connectivity index (χ3v) is 3.26. The summed E-state index contributed by atoms with van der Waals surface area (Å²) in [5.74, 6) is 5.04. The van der Waals surface area contributed by atoms with Crippen molar-refractivity contribution in [3.8, 4) is 0 Å². The van der Waals surface area contributed by atoms with Gasteiger partial charge in [-0.05, 0) is 30.5 Å². The smallest absolute Gasteiger partial charge is 0.128 e. The second-order valence-electron chi connectivity index (χ2n) is 4.30. The van der Waals surface area contributed by atoms with Crippen molar-refractivity contribution in [2.24, 2.45) is 11.8 Å². The van der Waals surface area contributed by atoms with E-state index in [1.165, 1.54) is 6.07 Å². The lowest BCUT2D eigenvalue weighted by Crippen LogP contribution is -2.30. The zero-order valence-corrected chi connectivity index (χ0v) is 10.3. The first kappa shape index (κ1) is 14.1. The Labute approximate surface area is 101 Å². The minimum absolute atomic E-state index is 0.305. The lowest BCUT2D eigenvalue weighted by Gasteiger charge is -2.22. The van der Waals surface area contributed by atoms with Gasteiger partial charge >= 0.3 is 0 Å². The van der Waals surface area contributed by atoms with Crippen LogP contribution in [0.5, 0.6) is 0 Å². The van der Waals surface area contributed by atoms with E-state index in [0.717, 1.165) is 25.0 Å². The lowest BCUT2D eigenvalue weighted by atomic mass is 9.91. The standard InChI is InChI=1S/C13H20F2N2/c1-3-9(4-2)7-13(17-16)11-8-10(14)5-6-12(11)15/h5-6,8-9,13,17H,3-4,7,16H2,1-2H3. The Morgan fingerprint density at radius 2 is 1.88 bits per heavy atom. The van der Waals surface area contributed by atoms with Gasteiger partial charge in [0.05, 0.1) is 0 Å². The molecule has 0 amide bonds. The fraction of sp³-hybridized carbons (Fsp3) is 0.538. The summed E-state index contributed by atoms with van der Waals surface area (Å²) in [4.78, 5) is 0. The molecule has 0 aliphatic rings. The highest BCUT2D eigenvalue weighted by Gasteiger charge is 2.18. The van der Waals surface area contributed by atoms with Gasteiger partial charge in [0.1, 0.15) is 11.6 Å². The number of hydrazine groups is 1. The molecule has 0 radical (unpaired) electrons. The summed E-state index contributed by atoms with van der Waals surface area (Å²) in [6.45, 7) is 4.17. The summed E-state index contributed by atoms with van der Waals surface area (Å²) in [5, 5.41) is 0. The maximum atomic E-state index is 13.6. The molecule has 0 fully saturated rings. The second kappa shape index (κ2) is 6.67. The van der Waals surface area contributed by atoms with Crippen LogP contribution in [0, 0.1) is 17.6 Å². The predicted molar refractivity (Wildman–Crippen MR) is 65.1 cm³/mol. The quantitative estimate of drug-likeness (QED) is 0.593. The van der Waals surface area contributed by atoms with Crippen molar-refractivity contribution in [2.45, 2.75) is 39.2 Å². The Balaban J connectivity index is 2.89. The predicted octanol–water partition coefficient (Wildman–Crippen LogP) is 3.30. The van der Waals surface area contributed by atoms with Crippen LogP contribution in [0.4, 0.5) is 8.78 Å². The minimum atomic E-state index is -0.439. The molecule has 0 aliphatic carbocycles. The first-order valence-corrected chi connectivity index (χ1v) is 6.03. The van der Waals surface area contributed by atoms with Crippen molar-refractivity contribution in [3.05, 3.63) is 35.4 Å². The third kappa shape index (κ3) is 3.75. The Kier molecular flexibility index (Phi) is 5.51. The Bertz CT molecular complexity index is 351. The number of hydrogen-bond donors (Lipinski definition) is 2. The van der Waals surface area contributed by atoms with Crippen LogP contribution in [-0.4, -0.2) is 0 Å². The molecule has 1 unspecified atom stereocenters. The molecule has 3 N–H and O–H groups in total. The molecule has 4 heteroatoms. The normalized spacial score (nSPS) is 13.1. The summed E-state index contributed by atoms with van der Waals surface area (Å²) >= 11 is 0. The van der Waals surface area contributed by atoms with Crippen LogP contribution in [0.2, 0.25) is 0 Å². The van der Waals surface area contributed by atoms with Gasteiger partial charge in [-0.3, -0.25) is 11.3 Å². The van der Waals surface area contributed by atoms with Gasteiger partial charge in [0.25, 0.3) is 0 Å². The fourth-order valence-electron chi connectivity index (χ4n) is 2.02. The summed E-state index contributed by atoms with van der Waals surface area (Å²) in [7, 11) is 0. The van der Waals surface area contributed by atoms with E-state index in [1.54, 1.807) is 0 Å². The molecule has 0 spiro atoms. The molecule has 0 saturated heterocycles. The molecule has 1 aromatic rings. The van der Waals surface area contributed by atoms with Crippen molar-refractivity contribution >= 4 is 0 Å². The van der Waals surface area contributed by atoms with E-state index in [4.69, 9.17) is 5.84 Å². The van der Waals surface area contributed by atoms with Gasteiger partial charge < -0.3 is 0 Å². The van der Waals surface area contributed by atoms with Gasteiger partial charge in [-0.15, -0.1) is 0 Å². The molecule has 1 rings (SSSR count). The van der Waals surface area contributed by atoms with Crippen molar-refractivity contribution in [3.63, 3.8) is 0 Å². The van der Waals surface area contributed by atoms with E-state index in [0.29, 0.717) is 17.9 Å². The number of benzene rings is 1. The molecule has 0 heterocycles. The maximum Gasteiger partial charge on any atom is 0.128 e. The first-order chi connectivity index (χ1) is 8.12. The average Bonchev–Trinajstić information content (AvgIpc) is 2.34. The van der Waals surface area contributed by atoms with Crippen molar-refractivity contribution < 1.29 is 8.78 Å². The highest BCUT2D eigenvalue weighted by atomic mass is 19.1. The van der Waals surface area contributed by atoms with Crippen LogP contribution in [0.1, 0.15) is 44.7 Å². The van der Waals surface area contributed by atoms with E-state index >= 15 is 0 Å². The van der Waals surface area contributed by atoms with Crippen LogP contribution < -0.4 is 11.3 Å². The summed E-state index contributed by atoms with van der Waals surface area (Å²) in [6.07, 6.45) is 2.72. The molecule has 0 saturated carbocycles. The van der Waals surface area contributed by atoms with Gasteiger partial charge in [-0.25, -0.2) is 8.78 Å². The van der Waals surface area contributed by atoms with Crippen LogP contribution >= 0.6 is 0 Å². The molecule has 1 atom stereocenters. The molecular weight excluding hydrogens is 222 g/mol. The molecule has 2 nitrogen and oxygen atoms in total. The third-order valence-electron chi connectivity index (χ3n) is 3.26. The van der Waals surface area contributed by atoms with Gasteiger partial charge in [0.15, 0.2) is 0 Å². The summed E-state index contributed by atoms with van der Waals surface area (Å²) in [6, 6.07) is 3.13. The number of hydrogen-bond acceptors (Lipinski definition) is 2. The molecule has 1 aromatic carbocycles. The van der Waals surface area contributed by atoms with Crippen LogP contribution in [0.15, 0.2) is 18.2 Å². The van der Waals surface area contributed by atoms with Gasteiger partial charge in [0.2, 0.25) is 0 Å². The van der Waals surface area contributed by atoms with E-state index in [-0.39, 0.29) is 6.04 Å². The minimum Gasteiger partial charge on any atom is -0.271 e. The van der Waals surface area contributed by atoms with E-state index < -0.39 is 11.6 Å². The SMILES string of the molecule is CCC(CC)CC(NN)c1cc(F)ccc1F. The topological polar surface area (TPSA) is 38.0 Å². The van der Waals surface area contributed by atoms with E-state index in [2.05, 4.69) is 19.3 Å².